The van der Waals surface area contributed by atoms with Gasteiger partial charge < -0.3 is 14.9 Å². The van der Waals surface area contributed by atoms with Crippen LogP contribution < -0.4 is 0 Å². The molecule has 0 aromatic rings. The summed E-state index contributed by atoms with van der Waals surface area (Å²) < 4.78 is 6.39. The van der Waals surface area contributed by atoms with Crippen LogP contribution in [0.25, 0.3) is 0 Å². The second-order valence-corrected chi connectivity index (χ2v) is 7.50. The Labute approximate surface area is 110 Å². The quantitative estimate of drug-likeness (QED) is 0.753. The summed E-state index contributed by atoms with van der Waals surface area (Å²) in [5.74, 6) is 0.560. The van der Waals surface area contributed by atoms with E-state index in [-0.39, 0.29) is 17.4 Å². The van der Waals surface area contributed by atoms with Crippen molar-refractivity contribution in [2.24, 2.45) is 17.8 Å². The van der Waals surface area contributed by atoms with Gasteiger partial charge in [0.25, 0.3) is 0 Å². The van der Waals surface area contributed by atoms with E-state index in [9.17, 15) is 10.2 Å². The van der Waals surface area contributed by atoms with E-state index < -0.39 is 17.3 Å². The number of rotatable bonds is 1. The summed E-state index contributed by atoms with van der Waals surface area (Å²) in [6, 6.07) is 0. The number of hydrogen-bond donors (Lipinski definition) is 2. The molecular formula is C15H26O3. The van der Waals surface area contributed by atoms with Gasteiger partial charge in [-0.15, -0.1) is 0 Å². The lowest BCUT2D eigenvalue weighted by Gasteiger charge is -2.53. The summed E-state index contributed by atoms with van der Waals surface area (Å²) >= 11 is 0. The minimum Gasteiger partial charge on any atom is -0.390 e. The highest BCUT2D eigenvalue weighted by atomic mass is 16.5. The zero-order valence-electron chi connectivity index (χ0n) is 11.9. The molecule has 0 unspecified atom stereocenters. The van der Waals surface area contributed by atoms with Crippen LogP contribution in [-0.4, -0.2) is 33.1 Å². The third-order valence-electron chi connectivity index (χ3n) is 6.15. The second-order valence-electron chi connectivity index (χ2n) is 7.50. The van der Waals surface area contributed by atoms with Crippen molar-refractivity contribution in [3.05, 3.63) is 0 Å². The zero-order chi connectivity index (χ0) is 13.3. The Bertz CT molecular complexity index is 365. The number of aliphatic hydroxyl groups is 2. The molecule has 1 saturated carbocycles. The van der Waals surface area contributed by atoms with Crippen LogP contribution in [0.15, 0.2) is 0 Å². The van der Waals surface area contributed by atoms with Crippen molar-refractivity contribution in [2.75, 3.05) is 0 Å². The fourth-order valence-electron chi connectivity index (χ4n) is 4.97. The largest absolute Gasteiger partial charge is 0.390 e. The normalized spacial score (nSPS) is 59.2. The Morgan fingerprint density at radius 1 is 1.17 bits per heavy atom. The Morgan fingerprint density at radius 3 is 2.44 bits per heavy atom. The molecule has 3 rings (SSSR count). The molecule has 2 heterocycles. The van der Waals surface area contributed by atoms with Gasteiger partial charge in [0.05, 0.1) is 22.9 Å². The Balaban J connectivity index is 2.06. The molecule has 3 nitrogen and oxygen atoms in total. The number of fused-ring (bicyclic) bond motifs is 4. The summed E-state index contributed by atoms with van der Waals surface area (Å²) in [7, 11) is 0. The zero-order valence-corrected chi connectivity index (χ0v) is 11.9. The molecule has 2 bridgehead atoms. The van der Waals surface area contributed by atoms with E-state index in [1.54, 1.807) is 0 Å². The molecule has 2 saturated heterocycles. The van der Waals surface area contributed by atoms with Crippen LogP contribution in [0.1, 0.15) is 53.4 Å². The molecular weight excluding hydrogens is 228 g/mol. The van der Waals surface area contributed by atoms with Crippen molar-refractivity contribution in [3.63, 3.8) is 0 Å². The predicted molar refractivity (Wildman–Crippen MR) is 69.1 cm³/mol. The van der Waals surface area contributed by atoms with Crippen LogP contribution in [0.5, 0.6) is 0 Å². The van der Waals surface area contributed by atoms with Gasteiger partial charge in [0.2, 0.25) is 0 Å². The third-order valence-corrected chi connectivity index (χ3v) is 6.15. The molecule has 104 valence electrons. The molecule has 2 aliphatic heterocycles. The molecule has 3 aliphatic rings. The summed E-state index contributed by atoms with van der Waals surface area (Å²) in [4.78, 5) is 0. The number of ether oxygens (including phenoxy) is 1. The Kier molecular flexibility index (Phi) is 2.51. The fourth-order valence-corrected chi connectivity index (χ4v) is 4.97. The lowest BCUT2D eigenvalue weighted by molar-refractivity contribution is -0.264. The maximum atomic E-state index is 10.9. The third kappa shape index (κ3) is 1.36. The summed E-state index contributed by atoms with van der Waals surface area (Å²) in [5.41, 5.74) is -1.32. The Hall–Kier alpha value is -0.120. The fraction of sp³-hybridized carbons (Fsp3) is 1.00. The van der Waals surface area contributed by atoms with E-state index >= 15 is 0 Å². The molecule has 3 heteroatoms. The topological polar surface area (TPSA) is 49.7 Å². The molecule has 2 N–H and O–H groups in total. The minimum atomic E-state index is -0.737. The lowest BCUT2D eigenvalue weighted by Crippen LogP contribution is -2.62. The van der Waals surface area contributed by atoms with Gasteiger partial charge in [-0.05, 0) is 51.4 Å². The molecule has 3 fully saturated rings. The van der Waals surface area contributed by atoms with Gasteiger partial charge >= 0.3 is 0 Å². The molecule has 0 amide bonds. The van der Waals surface area contributed by atoms with Crippen molar-refractivity contribution in [2.45, 2.75) is 76.3 Å². The van der Waals surface area contributed by atoms with Gasteiger partial charge in [0.15, 0.2) is 0 Å². The van der Waals surface area contributed by atoms with E-state index in [1.807, 2.05) is 6.92 Å². The van der Waals surface area contributed by atoms with Crippen molar-refractivity contribution in [1.29, 1.82) is 0 Å². The van der Waals surface area contributed by atoms with Gasteiger partial charge in [-0.1, -0.05) is 13.8 Å². The molecule has 0 radical (unpaired) electrons. The van der Waals surface area contributed by atoms with Gasteiger partial charge in [0.1, 0.15) is 0 Å². The summed E-state index contributed by atoms with van der Waals surface area (Å²) in [5, 5.41) is 21.5. The first-order valence-corrected chi connectivity index (χ1v) is 7.34. The van der Waals surface area contributed by atoms with Crippen molar-refractivity contribution in [1.82, 2.24) is 0 Å². The SMILES string of the molecule is CC(C)[C@@]12CC[C@@](C)(O1)[C@@H]1CC[C@](C)(O)[C@H]1[C@@H]2O. The van der Waals surface area contributed by atoms with Crippen LogP contribution in [0.3, 0.4) is 0 Å². The first kappa shape index (κ1) is 12.9. The highest BCUT2D eigenvalue weighted by Crippen LogP contribution is 2.62. The molecule has 6 atom stereocenters. The van der Waals surface area contributed by atoms with Gasteiger partial charge in [0, 0.05) is 5.92 Å². The maximum Gasteiger partial charge on any atom is 0.0975 e. The van der Waals surface area contributed by atoms with Crippen molar-refractivity contribution < 1.29 is 14.9 Å². The van der Waals surface area contributed by atoms with E-state index in [0.29, 0.717) is 5.92 Å². The highest BCUT2D eigenvalue weighted by molar-refractivity contribution is 5.17. The van der Waals surface area contributed by atoms with Crippen LogP contribution >= 0.6 is 0 Å². The molecule has 0 spiro atoms. The summed E-state index contributed by atoms with van der Waals surface area (Å²) in [6.45, 7) is 8.32. The van der Waals surface area contributed by atoms with Crippen molar-refractivity contribution >= 4 is 0 Å². The molecule has 0 aromatic carbocycles. The van der Waals surface area contributed by atoms with E-state index in [2.05, 4.69) is 20.8 Å². The highest BCUT2D eigenvalue weighted by Gasteiger charge is 2.68. The average molecular weight is 254 g/mol. The summed E-state index contributed by atoms with van der Waals surface area (Å²) in [6.07, 6.45) is 3.16. The number of aliphatic hydroxyl groups excluding tert-OH is 1. The van der Waals surface area contributed by atoms with Crippen LogP contribution in [-0.2, 0) is 4.74 Å². The van der Waals surface area contributed by atoms with Crippen LogP contribution in [0, 0.1) is 17.8 Å². The van der Waals surface area contributed by atoms with Gasteiger partial charge in [-0.3, -0.25) is 0 Å². The van der Waals surface area contributed by atoms with Gasteiger partial charge in [-0.2, -0.15) is 0 Å². The standard InChI is InChI=1S/C15H26O3/c1-9(2)15-8-7-14(4,18-15)10-5-6-13(3,17)11(10)12(15)16/h9-12,16-17H,5-8H2,1-4H3/t10-,11-,12+,13+,14-,15-/m1/s1. The monoisotopic (exact) mass is 254 g/mol. The lowest BCUT2D eigenvalue weighted by atomic mass is 9.68. The predicted octanol–water partition coefficient (Wildman–Crippen LogP) is 2.10. The van der Waals surface area contributed by atoms with E-state index in [1.165, 1.54) is 0 Å². The second kappa shape index (κ2) is 3.50. The van der Waals surface area contributed by atoms with Crippen LogP contribution in [0.2, 0.25) is 0 Å². The first-order chi connectivity index (χ1) is 8.23. The van der Waals surface area contributed by atoms with E-state index in [4.69, 9.17) is 4.74 Å². The minimum absolute atomic E-state index is 0.0267. The molecule has 0 aromatic heterocycles. The average Bonchev–Trinajstić information content (AvgIpc) is 2.75. The van der Waals surface area contributed by atoms with E-state index in [0.717, 1.165) is 25.7 Å². The smallest absolute Gasteiger partial charge is 0.0975 e. The molecule has 1 aliphatic carbocycles. The van der Waals surface area contributed by atoms with Gasteiger partial charge in [-0.25, -0.2) is 0 Å². The number of hydrogen-bond acceptors (Lipinski definition) is 3. The molecule has 18 heavy (non-hydrogen) atoms. The maximum absolute atomic E-state index is 10.9. The van der Waals surface area contributed by atoms with Crippen molar-refractivity contribution in [3.8, 4) is 0 Å². The Morgan fingerprint density at radius 2 is 1.83 bits per heavy atom. The first-order valence-electron chi connectivity index (χ1n) is 7.34. The van der Waals surface area contributed by atoms with Crippen LogP contribution in [0.4, 0.5) is 0 Å².